The van der Waals surface area contributed by atoms with Crippen LogP contribution in [-0.4, -0.2) is 37.2 Å². The van der Waals surface area contributed by atoms with E-state index >= 15 is 0 Å². The smallest absolute Gasteiger partial charge is 0.306 e. The molecule has 442 valence electrons. The van der Waals surface area contributed by atoms with Crippen LogP contribution >= 0.6 is 0 Å². The van der Waals surface area contributed by atoms with Crippen molar-refractivity contribution in [2.45, 2.75) is 258 Å². The highest BCUT2D eigenvalue weighted by Gasteiger charge is 2.19. The third-order valence-corrected chi connectivity index (χ3v) is 12.7. The van der Waals surface area contributed by atoms with Gasteiger partial charge in [0.1, 0.15) is 13.2 Å². The monoisotopic (exact) mass is 1090 g/mol. The van der Waals surface area contributed by atoms with Crippen molar-refractivity contribution < 1.29 is 28.6 Å². The molecule has 0 spiro atoms. The highest BCUT2D eigenvalue weighted by atomic mass is 16.6. The van der Waals surface area contributed by atoms with Crippen molar-refractivity contribution in [3.05, 3.63) is 170 Å². The van der Waals surface area contributed by atoms with Gasteiger partial charge in [0.25, 0.3) is 0 Å². The first-order valence-corrected chi connectivity index (χ1v) is 31.6. The van der Waals surface area contributed by atoms with E-state index in [1.807, 2.05) is 0 Å². The van der Waals surface area contributed by atoms with Crippen LogP contribution in [0.1, 0.15) is 252 Å². The molecule has 79 heavy (non-hydrogen) atoms. The predicted octanol–water partition coefficient (Wildman–Crippen LogP) is 21.9. The van der Waals surface area contributed by atoms with Crippen molar-refractivity contribution in [1.82, 2.24) is 0 Å². The fourth-order valence-corrected chi connectivity index (χ4v) is 8.07. The van der Waals surface area contributed by atoms with E-state index in [0.717, 1.165) is 161 Å². The minimum Gasteiger partial charge on any atom is -0.462 e. The molecule has 0 radical (unpaired) electrons. The van der Waals surface area contributed by atoms with Crippen molar-refractivity contribution in [2.75, 3.05) is 13.2 Å². The molecule has 0 aliphatic carbocycles. The highest BCUT2D eigenvalue weighted by Crippen LogP contribution is 2.14. The minimum absolute atomic E-state index is 0.109. The highest BCUT2D eigenvalue weighted by molar-refractivity contribution is 5.71. The molecule has 0 rings (SSSR count). The lowest BCUT2D eigenvalue weighted by Gasteiger charge is -2.18. The standard InChI is InChI=1S/C73H114O6/c1-4-7-10-13-16-19-22-25-28-30-31-32-33-34-35-36-37-38-39-40-41-43-45-48-51-54-57-60-63-66-72(75)78-69-70(68-77-71(74)65-62-59-56-53-50-47-44-27-24-21-18-15-12-9-6-3)79-73(76)67-64-61-58-55-52-49-46-42-29-26-23-20-17-14-11-8-5-2/h7-12,16-21,25-29,31-32,34-35,37-38,40-41,44,50,53,70H,4-6,13-15,22-24,30,33,36,39,42-43,45-49,51-52,54-69H2,1-3H3/b10-7-,11-8-,12-9-,19-16-,20-17-,21-18-,28-25-,29-26-,32-31-,35-34-,38-37-,41-40-,44-27-,53-50-. The van der Waals surface area contributed by atoms with Gasteiger partial charge < -0.3 is 14.2 Å². The molecule has 0 bridgehead atoms. The quantitative estimate of drug-likeness (QED) is 0.0261. The summed E-state index contributed by atoms with van der Waals surface area (Å²) in [4.78, 5) is 38.3. The van der Waals surface area contributed by atoms with Gasteiger partial charge in [-0.3, -0.25) is 14.4 Å². The average Bonchev–Trinajstić information content (AvgIpc) is 3.45. The summed E-state index contributed by atoms with van der Waals surface area (Å²) in [5.74, 6) is -0.977. The molecule has 0 saturated carbocycles. The fraction of sp³-hybridized carbons (Fsp3) is 0.575. The van der Waals surface area contributed by atoms with Crippen LogP contribution in [-0.2, 0) is 28.6 Å². The summed E-state index contributed by atoms with van der Waals surface area (Å²) in [7, 11) is 0. The van der Waals surface area contributed by atoms with Gasteiger partial charge in [-0.15, -0.1) is 0 Å². The maximum atomic E-state index is 12.9. The number of hydrogen-bond acceptors (Lipinski definition) is 6. The van der Waals surface area contributed by atoms with E-state index in [9.17, 15) is 14.4 Å². The van der Waals surface area contributed by atoms with E-state index in [4.69, 9.17) is 14.2 Å². The summed E-state index contributed by atoms with van der Waals surface area (Å²) in [5, 5.41) is 0. The van der Waals surface area contributed by atoms with Gasteiger partial charge in [0.2, 0.25) is 0 Å². The normalized spacial score (nSPS) is 13.3. The van der Waals surface area contributed by atoms with Crippen molar-refractivity contribution in [3.8, 4) is 0 Å². The molecule has 1 unspecified atom stereocenters. The van der Waals surface area contributed by atoms with Gasteiger partial charge >= 0.3 is 17.9 Å². The van der Waals surface area contributed by atoms with Crippen molar-refractivity contribution in [3.63, 3.8) is 0 Å². The largest absolute Gasteiger partial charge is 0.462 e. The number of hydrogen-bond donors (Lipinski definition) is 0. The molecular formula is C73H114O6. The van der Waals surface area contributed by atoms with Gasteiger partial charge in [-0.2, -0.15) is 0 Å². The minimum atomic E-state index is -0.815. The van der Waals surface area contributed by atoms with Crippen LogP contribution in [0.5, 0.6) is 0 Å². The molecule has 0 N–H and O–H groups in total. The Morgan fingerprint density at radius 2 is 0.456 bits per heavy atom. The van der Waals surface area contributed by atoms with E-state index in [-0.39, 0.29) is 31.1 Å². The first kappa shape index (κ1) is 73.8. The van der Waals surface area contributed by atoms with Gasteiger partial charge in [-0.25, -0.2) is 0 Å². The topological polar surface area (TPSA) is 78.9 Å². The second-order valence-electron chi connectivity index (χ2n) is 20.2. The third kappa shape index (κ3) is 63.5. The van der Waals surface area contributed by atoms with Crippen molar-refractivity contribution in [2.24, 2.45) is 0 Å². The zero-order valence-corrected chi connectivity index (χ0v) is 50.6. The van der Waals surface area contributed by atoms with Gasteiger partial charge in [-0.05, 0) is 148 Å². The molecule has 0 aliphatic heterocycles. The molecule has 0 saturated heterocycles. The van der Waals surface area contributed by atoms with Gasteiger partial charge in [0.15, 0.2) is 6.10 Å². The van der Waals surface area contributed by atoms with Crippen LogP contribution in [0.4, 0.5) is 0 Å². The number of unbranched alkanes of at least 4 members (excludes halogenated alkanes) is 16. The van der Waals surface area contributed by atoms with Crippen molar-refractivity contribution in [1.29, 1.82) is 0 Å². The summed E-state index contributed by atoms with van der Waals surface area (Å²) in [6.45, 7) is 6.24. The average molecular weight is 1090 g/mol. The Kier molecular flexibility index (Phi) is 61.0. The molecular weight excluding hydrogens is 973 g/mol. The lowest BCUT2D eigenvalue weighted by molar-refractivity contribution is -0.167. The lowest BCUT2D eigenvalue weighted by Crippen LogP contribution is -2.30. The van der Waals surface area contributed by atoms with E-state index in [1.54, 1.807) is 0 Å². The molecule has 6 heteroatoms. The Hall–Kier alpha value is -5.23. The fourth-order valence-electron chi connectivity index (χ4n) is 8.07. The van der Waals surface area contributed by atoms with Gasteiger partial charge in [0, 0.05) is 19.3 Å². The second kappa shape index (κ2) is 65.3. The first-order chi connectivity index (χ1) is 39.0. The van der Waals surface area contributed by atoms with E-state index < -0.39 is 6.10 Å². The summed E-state index contributed by atoms with van der Waals surface area (Å²) >= 11 is 0. The maximum absolute atomic E-state index is 12.9. The molecule has 0 amide bonds. The zero-order chi connectivity index (χ0) is 57.1. The van der Waals surface area contributed by atoms with Crippen molar-refractivity contribution >= 4 is 17.9 Å². The van der Waals surface area contributed by atoms with Crippen LogP contribution < -0.4 is 0 Å². The lowest BCUT2D eigenvalue weighted by atomic mass is 10.1. The second-order valence-corrected chi connectivity index (χ2v) is 20.2. The number of rotatable bonds is 55. The van der Waals surface area contributed by atoms with Crippen LogP contribution in [0.2, 0.25) is 0 Å². The number of carbonyl (C=O) groups is 3. The number of carbonyl (C=O) groups excluding carboxylic acids is 3. The number of esters is 3. The maximum Gasteiger partial charge on any atom is 0.306 e. The number of allylic oxidation sites excluding steroid dienone is 28. The molecule has 0 aromatic rings. The Bertz CT molecular complexity index is 1820. The Morgan fingerprint density at radius 1 is 0.253 bits per heavy atom. The summed E-state index contributed by atoms with van der Waals surface area (Å²) in [6.07, 6.45) is 96.4. The Morgan fingerprint density at radius 3 is 0.734 bits per heavy atom. The van der Waals surface area contributed by atoms with Crippen LogP contribution in [0.3, 0.4) is 0 Å². The van der Waals surface area contributed by atoms with Crippen LogP contribution in [0.25, 0.3) is 0 Å². The van der Waals surface area contributed by atoms with Crippen LogP contribution in [0.15, 0.2) is 170 Å². The molecule has 0 aliphatic rings. The Labute approximate surface area is 485 Å². The zero-order valence-electron chi connectivity index (χ0n) is 50.6. The van der Waals surface area contributed by atoms with Crippen LogP contribution in [0, 0.1) is 0 Å². The third-order valence-electron chi connectivity index (χ3n) is 12.7. The predicted molar refractivity (Wildman–Crippen MR) is 343 cm³/mol. The van der Waals surface area contributed by atoms with E-state index in [0.29, 0.717) is 25.7 Å². The molecule has 0 fully saturated rings. The molecule has 1 atom stereocenters. The van der Waals surface area contributed by atoms with E-state index in [2.05, 4.69) is 191 Å². The van der Waals surface area contributed by atoms with Gasteiger partial charge in [0.05, 0.1) is 0 Å². The molecule has 0 aromatic heterocycles. The molecule has 6 nitrogen and oxygen atoms in total. The molecule has 0 heterocycles. The number of ether oxygens (including phenoxy) is 3. The summed E-state index contributed by atoms with van der Waals surface area (Å²) in [6, 6.07) is 0. The van der Waals surface area contributed by atoms with E-state index in [1.165, 1.54) is 44.9 Å². The summed E-state index contributed by atoms with van der Waals surface area (Å²) < 4.78 is 16.9. The molecule has 0 aromatic carbocycles. The SMILES string of the molecule is CC/C=C\C/C=C\C/C=C\C/C=C\C/C=C\C/C=C\C/C=C\CCCCCCCCCC(=O)OCC(COC(=O)CCCC/C=C\C/C=C\C/C=C\C/C=C\CC)OC(=O)CCCCCCCCC/C=C\C/C=C\C/C=C\CC. The summed E-state index contributed by atoms with van der Waals surface area (Å²) in [5.41, 5.74) is 0. The Balaban J connectivity index is 4.43. The van der Waals surface area contributed by atoms with Gasteiger partial charge in [-0.1, -0.05) is 255 Å². The first-order valence-electron chi connectivity index (χ1n) is 31.6.